The largest absolute Gasteiger partial charge is 0.454 e. The fourth-order valence-corrected chi connectivity index (χ4v) is 5.89. The van der Waals surface area contributed by atoms with Crippen molar-refractivity contribution < 1.29 is 14.6 Å². The van der Waals surface area contributed by atoms with Crippen molar-refractivity contribution in [3.8, 4) is 11.5 Å². The average Bonchev–Trinajstić information content (AvgIpc) is 3.29. The number of hydrogen-bond acceptors (Lipinski definition) is 5. The molecule has 26 heavy (non-hydrogen) atoms. The number of fused-ring (bicyclic) bond motifs is 3. The minimum Gasteiger partial charge on any atom is -0.454 e. The van der Waals surface area contributed by atoms with Gasteiger partial charge in [0.25, 0.3) is 0 Å². The molecule has 5 aliphatic rings. The summed E-state index contributed by atoms with van der Waals surface area (Å²) in [5, 5.41) is 11.5. The van der Waals surface area contributed by atoms with Crippen LogP contribution < -0.4 is 9.47 Å². The highest BCUT2D eigenvalue weighted by Crippen LogP contribution is 2.50. The third-order valence-corrected chi connectivity index (χ3v) is 7.08. The molecule has 0 radical (unpaired) electrons. The molecule has 0 aromatic heterocycles. The van der Waals surface area contributed by atoms with Gasteiger partial charge in [-0.05, 0) is 55.6 Å². The second-order valence-corrected chi connectivity index (χ2v) is 8.41. The van der Waals surface area contributed by atoms with Crippen LogP contribution in [0.5, 0.6) is 11.5 Å². The molecule has 1 N–H and O–H groups in total. The Morgan fingerprint density at radius 1 is 0.962 bits per heavy atom. The number of hydrogen-bond donors (Lipinski definition) is 1. The molecule has 0 amide bonds. The van der Waals surface area contributed by atoms with Crippen molar-refractivity contribution in [2.24, 2.45) is 0 Å². The molecule has 4 aliphatic heterocycles. The quantitative estimate of drug-likeness (QED) is 0.784. The molecule has 2 saturated heterocycles. The molecule has 1 aromatic carbocycles. The van der Waals surface area contributed by atoms with E-state index in [1.807, 2.05) is 0 Å². The predicted molar refractivity (Wildman–Crippen MR) is 97.4 cm³/mol. The van der Waals surface area contributed by atoms with Gasteiger partial charge < -0.3 is 14.6 Å². The second-order valence-electron chi connectivity index (χ2n) is 8.41. The van der Waals surface area contributed by atoms with Crippen LogP contribution in [0.3, 0.4) is 0 Å². The molecule has 1 aromatic rings. The molecular weight excluding hydrogens is 328 g/mol. The zero-order chi connectivity index (χ0) is 17.3. The standard InChI is InChI=1S/C21H26N2O3/c24-21-16(22-5-2-1-3-6-22)8-13-4-7-23-11-14-9-17-18(26-12-25-17)10-15(14)19(21)20(13)23/h8-10,16,19-21,24H,1-7,11-12H2/t16-,19-,20+,21+/m0/s1. The van der Waals surface area contributed by atoms with Gasteiger partial charge in [0.2, 0.25) is 6.79 Å². The van der Waals surface area contributed by atoms with Crippen molar-refractivity contribution in [3.63, 3.8) is 0 Å². The topological polar surface area (TPSA) is 45.2 Å². The van der Waals surface area contributed by atoms with Crippen LogP contribution >= 0.6 is 0 Å². The molecule has 4 heterocycles. The summed E-state index contributed by atoms with van der Waals surface area (Å²) in [5.74, 6) is 1.84. The van der Waals surface area contributed by atoms with Gasteiger partial charge in [-0.3, -0.25) is 9.80 Å². The Morgan fingerprint density at radius 2 is 1.77 bits per heavy atom. The molecule has 4 atom stereocenters. The molecule has 5 heteroatoms. The van der Waals surface area contributed by atoms with Gasteiger partial charge in [-0.1, -0.05) is 18.1 Å². The van der Waals surface area contributed by atoms with Crippen molar-refractivity contribution >= 4 is 0 Å². The first-order chi connectivity index (χ1) is 12.8. The number of piperidine rings is 1. The summed E-state index contributed by atoms with van der Waals surface area (Å²) in [5.41, 5.74) is 4.12. The van der Waals surface area contributed by atoms with E-state index in [-0.39, 0.29) is 18.1 Å². The third kappa shape index (κ3) is 2.14. The fourth-order valence-electron chi connectivity index (χ4n) is 5.89. The Labute approximate surface area is 154 Å². The molecule has 1 aliphatic carbocycles. The molecule has 138 valence electrons. The van der Waals surface area contributed by atoms with Crippen LogP contribution in [0, 0.1) is 0 Å². The SMILES string of the molecule is O[C@H]1[C@H]2c3cc4c(cc3CN3CCC(=C[C@@H]1N1CCCCC1)[C@H]23)OCO4. The van der Waals surface area contributed by atoms with Crippen molar-refractivity contribution in [1.29, 1.82) is 0 Å². The van der Waals surface area contributed by atoms with E-state index >= 15 is 0 Å². The molecule has 0 bridgehead atoms. The van der Waals surface area contributed by atoms with Gasteiger partial charge >= 0.3 is 0 Å². The molecule has 0 unspecified atom stereocenters. The normalized spacial score (nSPS) is 35.8. The average molecular weight is 354 g/mol. The zero-order valence-electron chi connectivity index (χ0n) is 15.1. The van der Waals surface area contributed by atoms with Gasteiger partial charge in [0.1, 0.15) is 0 Å². The second kappa shape index (κ2) is 5.72. The highest BCUT2D eigenvalue weighted by Gasteiger charge is 2.50. The van der Waals surface area contributed by atoms with Gasteiger partial charge in [0.05, 0.1) is 12.1 Å². The van der Waals surface area contributed by atoms with Crippen LogP contribution in [-0.4, -0.2) is 59.5 Å². The van der Waals surface area contributed by atoms with Crippen LogP contribution in [0.4, 0.5) is 0 Å². The summed E-state index contributed by atoms with van der Waals surface area (Å²) in [6.45, 7) is 4.58. The fraction of sp³-hybridized carbons (Fsp3) is 0.619. The zero-order valence-corrected chi connectivity index (χ0v) is 15.1. The molecule has 0 spiro atoms. The molecular formula is C21H26N2O3. The Morgan fingerprint density at radius 3 is 2.62 bits per heavy atom. The Kier molecular flexibility index (Phi) is 3.41. The van der Waals surface area contributed by atoms with Gasteiger partial charge in [-0.2, -0.15) is 0 Å². The van der Waals surface area contributed by atoms with Crippen LogP contribution in [0.1, 0.15) is 42.7 Å². The van der Waals surface area contributed by atoms with Crippen molar-refractivity contribution in [1.82, 2.24) is 9.80 Å². The van der Waals surface area contributed by atoms with E-state index in [4.69, 9.17) is 9.47 Å². The minimum absolute atomic E-state index is 0.141. The van der Waals surface area contributed by atoms with E-state index in [1.165, 1.54) is 30.4 Å². The summed E-state index contributed by atoms with van der Waals surface area (Å²) in [6.07, 6.45) is 7.02. The lowest BCUT2D eigenvalue weighted by Gasteiger charge is -2.48. The lowest BCUT2D eigenvalue weighted by atomic mass is 9.72. The number of aliphatic hydroxyl groups is 1. The van der Waals surface area contributed by atoms with E-state index in [1.54, 1.807) is 5.57 Å². The maximum Gasteiger partial charge on any atom is 0.231 e. The molecule has 0 saturated carbocycles. The summed E-state index contributed by atoms with van der Waals surface area (Å²) in [4.78, 5) is 5.07. The van der Waals surface area contributed by atoms with E-state index < -0.39 is 0 Å². The van der Waals surface area contributed by atoms with E-state index in [9.17, 15) is 5.11 Å². The van der Waals surface area contributed by atoms with E-state index in [0.29, 0.717) is 12.8 Å². The highest BCUT2D eigenvalue weighted by atomic mass is 16.7. The Balaban J connectivity index is 1.44. The van der Waals surface area contributed by atoms with Crippen LogP contribution in [0.25, 0.3) is 0 Å². The smallest absolute Gasteiger partial charge is 0.231 e. The van der Waals surface area contributed by atoms with Gasteiger partial charge in [-0.25, -0.2) is 0 Å². The Bertz CT molecular complexity index is 771. The van der Waals surface area contributed by atoms with Gasteiger partial charge in [0.15, 0.2) is 11.5 Å². The molecule has 2 fully saturated rings. The Hall–Kier alpha value is -1.56. The number of rotatable bonds is 1. The maximum absolute atomic E-state index is 11.5. The highest BCUT2D eigenvalue weighted by molar-refractivity contribution is 5.53. The van der Waals surface area contributed by atoms with Crippen molar-refractivity contribution in [3.05, 3.63) is 34.9 Å². The molecule has 6 rings (SSSR count). The van der Waals surface area contributed by atoms with Crippen molar-refractivity contribution in [2.75, 3.05) is 26.4 Å². The van der Waals surface area contributed by atoms with Crippen LogP contribution in [-0.2, 0) is 6.54 Å². The lowest BCUT2D eigenvalue weighted by Crippen LogP contribution is -2.55. The predicted octanol–water partition coefficient (Wildman–Crippen LogP) is 2.24. The van der Waals surface area contributed by atoms with Gasteiger partial charge in [-0.15, -0.1) is 0 Å². The molecule has 5 nitrogen and oxygen atoms in total. The summed E-state index contributed by atoms with van der Waals surface area (Å²) < 4.78 is 11.2. The first-order valence-electron chi connectivity index (χ1n) is 10.1. The monoisotopic (exact) mass is 354 g/mol. The number of nitrogens with zero attached hydrogens (tertiary/aromatic N) is 2. The summed E-state index contributed by atoms with van der Waals surface area (Å²) in [6, 6.07) is 4.81. The van der Waals surface area contributed by atoms with Crippen molar-refractivity contribution in [2.45, 2.75) is 56.3 Å². The summed E-state index contributed by atoms with van der Waals surface area (Å²) >= 11 is 0. The van der Waals surface area contributed by atoms with E-state index in [0.717, 1.165) is 44.1 Å². The first-order valence-corrected chi connectivity index (χ1v) is 10.1. The number of ether oxygens (including phenoxy) is 2. The number of likely N-dealkylation sites (tertiary alicyclic amines) is 1. The number of benzene rings is 1. The number of aliphatic hydroxyl groups excluding tert-OH is 1. The van der Waals surface area contributed by atoms with Gasteiger partial charge in [0, 0.05) is 25.0 Å². The van der Waals surface area contributed by atoms with Crippen LogP contribution in [0.15, 0.2) is 23.8 Å². The lowest BCUT2D eigenvalue weighted by molar-refractivity contribution is 0.0127. The minimum atomic E-state index is -0.359. The summed E-state index contributed by atoms with van der Waals surface area (Å²) in [7, 11) is 0. The third-order valence-electron chi connectivity index (χ3n) is 7.08. The van der Waals surface area contributed by atoms with Crippen LogP contribution in [0.2, 0.25) is 0 Å². The maximum atomic E-state index is 11.5. The first kappa shape index (κ1) is 15.5. The van der Waals surface area contributed by atoms with E-state index in [2.05, 4.69) is 28.0 Å².